The van der Waals surface area contributed by atoms with Crippen molar-refractivity contribution in [2.24, 2.45) is 5.73 Å². The fourth-order valence-corrected chi connectivity index (χ4v) is 2.47. The number of carbonyl (C=O) groups is 1. The number of amides is 1. The Morgan fingerprint density at radius 3 is 2.83 bits per heavy atom. The van der Waals surface area contributed by atoms with Gasteiger partial charge in [-0.25, -0.2) is 0 Å². The van der Waals surface area contributed by atoms with Crippen molar-refractivity contribution in [1.82, 2.24) is 4.90 Å². The third-order valence-electron chi connectivity index (χ3n) is 3.53. The summed E-state index contributed by atoms with van der Waals surface area (Å²) in [5.41, 5.74) is 8.71. The Balaban J connectivity index is 0.00000162. The number of aryl methyl sites for hydroxylation is 2. The Kier molecular flexibility index (Phi) is 5.17. The number of benzene rings is 1. The average Bonchev–Trinajstić information content (AvgIpc) is 2.79. The molecule has 1 unspecified atom stereocenters. The van der Waals surface area contributed by atoms with Crippen LogP contribution in [0.2, 0.25) is 0 Å². The highest BCUT2D eigenvalue weighted by Crippen LogP contribution is 2.21. The molecule has 1 aliphatic rings. The lowest BCUT2D eigenvalue weighted by molar-refractivity contribution is 0.0740. The van der Waals surface area contributed by atoms with Crippen molar-refractivity contribution < 1.29 is 4.79 Å². The predicted molar refractivity (Wildman–Crippen MR) is 76.3 cm³/mol. The van der Waals surface area contributed by atoms with Gasteiger partial charge in [0.1, 0.15) is 0 Å². The summed E-state index contributed by atoms with van der Waals surface area (Å²) in [6.45, 7) is 5.41. The molecule has 1 aromatic rings. The molecule has 18 heavy (non-hydrogen) atoms. The normalized spacial score (nSPS) is 18.6. The van der Waals surface area contributed by atoms with Gasteiger partial charge in [-0.2, -0.15) is 0 Å². The van der Waals surface area contributed by atoms with E-state index in [0.717, 1.165) is 36.1 Å². The van der Waals surface area contributed by atoms with E-state index < -0.39 is 0 Å². The van der Waals surface area contributed by atoms with Gasteiger partial charge in [0, 0.05) is 24.7 Å². The van der Waals surface area contributed by atoms with Crippen molar-refractivity contribution in [2.45, 2.75) is 32.7 Å². The Morgan fingerprint density at radius 1 is 1.44 bits per heavy atom. The van der Waals surface area contributed by atoms with Crippen LogP contribution in [0.1, 0.15) is 34.3 Å². The van der Waals surface area contributed by atoms with E-state index in [2.05, 4.69) is 0 Å². The number of nitrogens with zero attached hydrogens (tertiary/aromatic N) is 1. The number of rotatable bonds is 2. The maximum Gasteiger partial charge on any atom is 0.254 e. The average molecular weight is 269 g/mol. The smallest absolute Gasteiger partial charge is 0.254 e. The van der Waals surface area contributed by atoms with Crippen LogP contribution in [0.5, 0.6) is 0 Å². The van der Waals surface area contributed by atoms with Crippen LogP contribution in [-0.2, 0) is 0 Å². The van der Waals surface area contributed by atoms with Gasteiger partial charge >= 0.3 is 0 Å². The molecule has 0 spiro atoms. The van der Waals surface area contributed by atoms with Gasteiger partial charge in [0.05, 0.1) is 0 Å². The quantitative estimate of drug-likeness (QED) is 0.895. The molecule has 0 saturated carbocycles. The minimum absolute atomic E-state index is 0. The number of likely N-dealkylation sites (tertiary alicyclic amines) is 1. The Labute approximate surface area is 115 Å². The predicted octanol–water partition coefficient (Wildman–Crippen LogP) is 2.29. The molecule has 1 aromatic carbocycles. The van der Waals surface area contributed by atoms with E-state index >= 15 is 0 Å². The van der Waals surface area contributed by atoms with Gasteiger partial charge < -0.3 is 10.6 Å². The zero-order chi connectivity index (χ0) is 12.4. The van der Waals surface area contributed by atoms with Gasteiger partial charge in [0.25, 0.3) is 5.91 Å². The highest BCUT2D eigenvalue weighted by Gasteiger charge is 2.28. The molecule has 1 heterocycles. The summed E-state index contributed by atoms with van der Waals surface area (Å²) < 4.78 is 0. The minimum Gasteiger partial charge on any atom is -0.334 e. The van der Waals surface area contributed by atoms with Gasteiger partial charge in [0.15, 0.2) is 0 Å². The molecule has 1 aliphatic heterocycles. The minimum atomic E-state index is 0. The summed E-state index contributed by atoms with van der Waals surface area (Å²) in [5.74, 6) is 0.138. The van der Waals surface area contributed by atoms with Crippen molar-refractivity contribution in [2.75, 3.05) is 13.1 Å². The molecule has 1 saturated heterocycles. The third kappa shape index (κ3) is 2.85. The van der Waals surface area contributed by atoms with E-state index in [4.69, 9.17) is 5.73 Å². The third-order valence-corrected chi connectivity index (χ3v) is 3.53. The molecule has 4 heteroatoms. The maximum atomic E-state index is 12.5. The molecule has 0 aliphatic carbocycles. The standard InChI is InChI=1S/C14H20N2O.ClH/c1-10-5-6-11(2)13(8-10)14(17)16-7-3-4-12(16)9-15;/h5-6,8,12H,3-4,7,9,15H2,1-2H3;1H. The Bertz CT molecular complexity index is 434. The highest BCUT2D eigenvalue weighted by atomic mass is 35.5. The van der Waals surface area contributed by atoms with Crippen LogP contribution in [0, 0.1) is 13.8 Å². The summed E-state index contributed by atoms with van der Waals surface area (Å²) >= 11 is 0. The van der Waals surface area contributed by atoms with Gasteiger partial charge in [-0.15, -0.1) is 12.4 Å². The van der Waals surface area contributed by atoms with Crippen molar-refractivity contribution in [3.63, 3.8) is 0 Å². The molecule has 0 radical (unpaired) electrons. The molecule has 0 aromatic heterocycles. The van der Waals surface area contributed by atoms with Crippen LogP contribution in [0.15, 0.2) is 18.2 Å². The summed E-state index contributed by atoms with van der Waals surface area (Å²) in [7, 11) is 0. The fraction of sp³-hybridized carbons (Fsp3) is 0.500. The first-order valence-corrected chi connectivity index (χ1v) is 6.21. The molecular weight excluding hydrogens is 248 g/mol. The Hall–Kier alpha value is -1.06. The summed E-state index contributed by atoms with van der Waals surface area (Å²) in [6.07, 6.45) is 2.10. The first-order chi connectivity index (χ1) is 8.13. The van der Waals surface area contributed by atoms with Crippen LogP contribution >= 0.6 is 12.4 Å². The van der Waals surface area contributed by atoms with Crippen LogP contribution < -0.4 is 5.73 Å². The lowest BCUT2D eigenvalue weighted by Gasteiger charge is -2.24. The zero-order valence-electron chi connectivity index (χ0n) is 11.0. The number of hydrogen-bond donors (Lipinski definition) is 1. The van der Waals surface area contributed by atoms with E-state index in [-0.39, 0.29) is 24.4 Å². The molecular formula is C14H21ClN2O. The van der Waals surface area contributed by atoms with E-state index in [0.29, 0.717) is 6.54 Å². The van der Waals surface area contributed by atoms with Crippen molar-refractivity contribution in [3.05, 3.63) is 34.9 Å². The second-order valence-corrected chi connectivity index (χ2v) is 4.85. The SMILES string of the molecule is Cc1ccc(C)c(C(=O)N2CCCC2CN)c1.Cl. The molecule has 1 atom stereocenters. The summed E-state index contributed by atoms with van der Waals surface area (Å²) in [4.78, 5) is 14.4. The summed E-state index contributed by atoms with van der Waals surface area (Å²) in [6, 6.07) is 6.25. The number of hydrogen-bond acceptors (Lipinski definition) is 2. The highest BCUT2D eigenvalue weighted by molar-refractivity contribution is 5.96. The Morgan fingerprint density at radius 2 is 2.17 bits per heavy atom. The van der Waals surface area contributed by atoms with Crippen LogP contribution in [-0.4, -0.2) is 29.9 Å². The van der Waals surface area contributed by atoms with Gasteiger partial charge in [-0.1, -0.05) is 17.7 Å². The first-order valence-electron chi connectivity index (χ1n) is 6.21. The maximum absolute atomic E-state index is 12.5. The topological polar surface area (TPSA) is 46.3 Å². The number of nitrogens with two attached hydrogens (primary N) is 1. The van der Waals surface area contributed by atoms with Crippen molar-refractivity contribution >= 4 is 18.3 Å². The summed E-state index contributed by atoms with van der Waals surface area (Å²) in [5, 5.41) is 0. The molecule has 2 N–H and O–H groups in total. The zero-order valence-corrected chi connectivity index (χ0v) is 11.8. The monoisotopic (exact) mass is 268 g/mol. The molecule has 100 valence electrons. The largest absolute Gasteiger partial charge is 0.334 e. The molecule has 1 amide bonds. The van der Waals surface area contributed by atoms with Crippen LogP contribution in [0.25, 0.3) is 0 Å². The molecule has 0 bridgehead atoms. The van der Waals surface area contributed by atoms with Crippen molar-refractivity contribution in [3.8, 4) is 0 Å². The van der Waals surface area contributed by atoms with Gasteiger partial charge in [0.2, 0.25) is 0 Å². The second-order valence-electron chi connectivity index (χ2n) is 4.85. The fourth-order valence-electron chi connectivity index (χ4n) is 2.47. The lowest BCUT2D eigenvalue weighted by Crippen LogP contribution is -2.40. The molecule has 1 fully saturated rings. The van der Waals surface area contributed by atoms with Gasteiger partial charge in [-0.3, -0.25) is 4.79 Å². The van der Waals surface area contributed by atoms with E-state index in [1.807, 2.05) is 36.9 Å². The molecule has 3 nitrogen and oxygen atoms in total. The van der Waals surface area contributed by atoms with E-state index in [1.54, 1.807) is 0 Å². The second kappa shape index (κ2) is 6.21. The molecule has 2 rings (SSSR count). The van der Waals surface area contributed by atoms with E-state index in [1.165, 1.54) is 0 Å². The number of halogens is 1. The van der Waals surface area contributed by atoms with Gasteiger partial charge in [-0.05, 0) is 38.3 Å². The number of carbonyl (C=O) groups excluding carboxylic acids is 1. The van der Waals surface area contributed by atoms with E-state index in [9.17, 15) is 4.79 Å². The van der Waals surface area contributed by atoms with Crippen molar-refractivity contribution in [1.29, 1.82) is 0 Å². The first kappa shape index (κ1) is 15.0. The lowest BCUT2D eigenvalue weighted by atomic mass is 10.0. The van der Waals surface area contributed by atoms with Crippen LogP contribution in [0.3, 0.4) is 0 Å². The van der Waals surface area contributed by atoms with Crippen LogP contribution in [0.4, 0.5) is 0 Å².